The molecule has 1 aliphatic rings. The van der Waals surface area contributed by atoms with E-state index in [2.05, 4.69) is 26.1 Å². The number of rotatable bonds is 8. The van der Waals surface area contributed by atoms with E-state index in [0.29, 0.717) is 0 Å². The van der Waals surface area contributed by atoms with E-state index >= 15 is 0 Å². The van der Waals surface area contributed by atoms with Crippen molar-refractivity contribution in [3.63, 3.8) is 0 Å². The van der Waals surface area contributed by atoms with E-state index < -0.39 is 0 Å². The van der Waals surface area contributed by atoms with Gasteiger partial charge in [-0.2, -0.15) is 0 Å². The summed E-state index contributed by atoms with van der Waals surface area (Å²) >= 11 is 0. The molecule has 0 N–H and O–H groups in total. The fourth-order valence-electron chi connectivity index (χ4n) is 3.37. The number of carbonyl (C=O) groups excluding carboxylic acids is 1. The van der Waals surface area contributed by atoms with Gasteiger partial charge in [0.1, 0.15) is 6.29 Å². The second-order valence-electron chi connectivity index (χ2n) is 6.96. The van der Waals surface area contributed by atoms with E-state index in [4.69, 9.17) is 9.47 Å². The van der Waals surface area contributed by atoms with Crippen molar-refractivity contribution in [1.82, 2.24) is 0 Å². The van der Waals surface area contributed by atoms with Crippen LogP contribution in [-0.4, -0.2) is 25.8 Å². The third-order valence-electron chi connectivity index (χ3n) is 4.94. The maximum absolute atomic E-state index is 10.9. The Morgan fingerprint density at radius 1 is 1.07 bits per heavy atom. The molecular formula is C24H40O3. The molecule has 1 aliphatic carbocycles. The van der Waals surface area contributed by atoms with Gasteiger partial charge >= 0.3 is 0 Å². The lowest BCUT2D eigenvalue weighted by molar-refractivity contribution is -0.123. The summed E-state index contributed by atoms with van der Waals surface area (Å²) in [5.74, 6) is 1.81. The maximum Gasteiger partial charge on any atom is 0.154 e. The first-order chi connectivity index (χ1) is 13.1. The van der Waals surface area contributed by atoms with Crippen LogP contribution in [0.2, 0.25) is 0 Å². The van der Waals surface area contributed by atoms with E-state index in [1.54, 1.807) is 0 Å². The molecule has 0 unspecified atom stereocenters. The lowest BCUT2D eigenvalue weighted by Gasteiger charge is -2.26. The molecule has 1 aromatic rings. The summed E-state index contributed by atoms with van der Waals surface area (Å²) in [7, 11) is 0. The van der Waals surface area contributed by atoms with Gasteiger partial charge in [0, 0.05) is 18.8 Å². The molecule has 0 amide bonds. The van der Waals surface area contributed by atoms with E-state index in [9.17, 15) is 4.79 Å². The second-order valence-corrected chi connectivity index (χ2v) is 6.96. The number of ether oxygens (including phenoxy) is 2. The molecule has 0 aliphatic heterocycles. The van der Waals surface area contributed by atoms with Crippen LogP contribution in [-0.2, 0) is 15.9 Å². The SMILES string of the molecule is C=C.CC1CCC(CCc2ccccc2C=O)CC1.CCOC(C)OCC. The smallest absolute Gasteiger partial charge is 0.154 e. The van der Waals surface area contributed by atoms with Crippen LogP contribution < -0.4 is 0 Å². The highest BCUT2D eigenvalue weighted by atomic mass is 16.7. The summed E-state index contributed by atoms with van der Waals surface area (Å²) in [5, 5.41) is 0. The van der Waals surface area contributed by atoms with Gasteiger partial charge < -0.3 is 9.47 Å². The molecule has 0 saturated heterocycles. The number of benzene rings is 1. The highest BCUT2D eigenvalue weighted by molar-refractivity contribution is 5.77. The summed E-state index contributed by atoms with van der Waals surface area (Å²) in [6, 6.07) is 7.99. The molecule has 0 radical (unpaired) electrons. The largest absolute Gasteiger partial charge is 0.353 e. The molecule has 1 fully saturated rings. The Morgan fingerprint density at radius 3 is 2.15 bits per heavy atom. The minimum Gasteiger partial charge on any atom is -0.353 e. The number of aryl methyl sites for hydroxylation is 1. The van der Waals surface area contributed by atoms with Crippen LogP contribution in [0, 0.1) is 11.8 Å². The summed E-state index contributed by atoms with van der Waals surface area (Å²) in [6.07, 6.45) is 8.79. The Balaban J connectivity index is 0.000000574. The van der Waals surface area contributed by atoms with Crippen LogP contribution in [0.3, 0.4) is 0 Å². The predicted octanol–water partition coefficient (Wildman–Crippen LogP) is 6.47. The van der Waals surface area contributed by atoms with Crippen LogP contribution >= 0.6 is 0 Å². The van der Waals surface area contributed by atoms with Crippen LogP contribution in [0.1, 0.15) is 75.7 Å². The van der Waals surface area contributed by atoms with E-state index in [1.165, 1.54) is 37.7 Å². The average Bonchev–Trinajstić information content (AvgIpc) is 2.70. The zero-order chi connectivity index (χ0) is 20.5. The van der Waals surface area contributed by atoms with Gasteiger partial charge in [-0.15, -0.1) is 13.2 Å². The van der Waals surface area contributed by atoms with Crippen molar-refractivity contribution in [1.29, 1.82) is 0 Å². The summed E-state index contributed by atoms with van der Waals surface area (Å²) < 4.78 is 10.1. The molecule has 27 heavy (non-hydrogen) atoms. The first kappa shape index (κ1) is 25.6. The molecule has 0 bridgehead atoms. The zero-order valence-corrected chi connectivity index (χ0v) is 17.9. The molecule has 3 nitrogen and oxygen atoms in total. The van der Waals surface area contributed by atoms with E-state index in [0.717, 1.165) is 43.3 Å². The molecule has 154 valence electrons. The molecular weight excluding hydrogens is 336 g/mol. The standard InChI is InChI=1S/C16H22O.C6H14O2.C2H4/c1-13-6-8-14(9-7-13)10-11-15-4-2-3-5-16(15)12-17;1-4-7-6(3)8-5-2;1-2/h2-5,12-14H,6-11H2,1H3;6H,4-5H2,1-3H3;1-2H2. The van der Waals surface area contributed by atoms with Gasteiger partial charge in [-0.05, 0) is 51.0 Å². The Hall–Kier alpha value is -1.45. The van der Waals surface area contributed by atoms with Crippen molar-refractivity contribution < 1.29 is 14.3 Å². The molecule has 1 aromatic carbocycles. The van der Waals surface area contributed by atoms with Crippen molar-refractivity contribution in [3.05, 3.63) is 48.6 Å². The quantitative estimate of drug-likeness (QED) is 0.296. The highest BCUT2D eigenvalue weighted by Gasteiger charge is 2.18. The lowest BCUT2D eigenvalue weighted by Crippen LogP contribution is -2.13. The average molecular weight is 377 g/mol. The van der Waals surface area contributed by atoms with Gasteiger partial charge in [-0.3, -0.25) is 4.79 Å². The molecule has 2 rings (SSSR count). The Morgan fingerprint density at radius 2 is 1.63 bits per heavy atom. The van der Waals surface area contributed by atoms with Gasteiger partial charge in [0.2, 0.25) is 0 Å². The Kier molecular flexibility index (Phi) is 15.8. The number of hydrogen-bond acceptors (Lipinski definition) is 3. The van der Waals surface area contributed by atoms with Crippen molar-refractivity contribution >= 4 is 6.29 Å². The van der Waals surface area contributed by atoms with E-state index in [1.807, 2.05) is 39.0 Å². The van der Waals surface area contributed by atoms with Gasteiger partial charge in [0.25, 0.3) is 0 Å². The molecule has 0 heterocycles. The van der Waals surface area contributed by atoms with Crippen LogP contribution in [0.25, 0.3) is 0 Å². The molecule has 0 spiro atoms. The number of hydrogen-bond donors (Lipinski definition) is 0. The topological polar surface area (TPSA) is 35.5 Å². The third kappa shape index (κ3) is 11.8. The molecule has 3 heteroatoms. The molecule has 1 saturated carbocycles. The van der Waals surface area contributed by atoms with Gasteiger partial charge in [-0.25, -0.2) is 0 Å². The second kappa shape index (κ2) is 16.7. The fourth-order valence-corrected chi connectivity index (χ4v) is 3.37. The van der Waals surface area contributed by atoms with Crippen molar-refractivity contribution in [2.75, 3.05) is 13.2 Å². The van der Waals surface area contributed by atoms with Crippen LogP contribution in [0.5, 0.6) is 0 Å². The first-order valence-corrected chi connectivity index (χ1v) is 10.4. The highest BCUT2D eigenvalue weighted by Crippen LogP contribution is 2.31. The van der Waals surface area contributed by atoms with E-state index in [-0.39, 0.29) is 6.29 Å². The van der Waals surface area contributed by atoms with Crippen LogP contribution in [0.15, 0.2) is 37.4 Å². The summed E-state index contributed by atoms with van der Waals surface area (Å²) in [4.78, 5) is 10.9. The lowest BCUT2D eigenvalue weighted by atomic mass is 9.80. The summed E-state index contributed by atoms with van der Waals surface area (Å²) in [5.41, 5.74) is 2.10. The first-order valence-electron chi connectivity index (χ1n) is 10.4. The Labute approximate surface area is 167 Å². The zero-order valence-electron chi connectivity index (χ0n) is 17.9. The number of carbonyl (C=O) groups is 1. The summed E-state index contributed by atoms with van der Waals surface area (Å²) in [6.45, 7) is 15.6. The molecule has 0 aromatic heterocycles. The van der Waals surface area contributed by atoms with Gasteiger partial charge in [0.15, 0.2) is 6.29 Å². The van der Waals surface area contributed by atoms with Crippen LogP contribution in [0.4, 0.5) is 0 Å². The normalized spacial score (nSPS) is 18.7. The number of aldehydes is 1. The van der Waals surface area contributed by atoms with Crippen molar-refractivity contribution in [2.45, 2.75) is 72.5 Å². The monoisotopic (exact) mass is 376 g/mol. The predicted molar refractivity (Wildman–Crippen MR) is 115 cm³/mol. The van der Waals surface area contributed by atoms with Crippen molar-refractivity contribution in [3.8, 4) is 0 Å². The molecule has 0 atom stereocenters. The van der Waals surface area contributed by atoms with Gasteiger partial charge in [-0.1, -0.05) is 56.9 Å². The van der Waals surface area contributed by atoms with Crippen molar-refractivity contribution in [2.24, 2.45) is 11.8 Å². The van der Waals surface area contributed by atoms with Gasteiger partial charge in [0.05, 0.1) is 0 Å². The minimum atomic E-state index is -0.0370. The Bertz CT molecular complexity index is 472. The maximum atomic E-state index is 10.9. The fraction of sp³-hybridized carbons (Fsp3) is 0.625. The minimum absolute atomic E-state index is 0.0370. The third-order valence-corrected chi connectivity index (χ3v) is 4.94.